The van der Waals surface area contributed by atoms with Crippen molar-refractivity contribution in [2.75, 3.05) is 15.3 Å². The Bertz CT molecular complexity index is 502. The van der Waals surface area contributed by atoms with Crippen molar-refractivity contribution in [1.29, 1.82) is 0 Å². The summed E-state index contributed by atoms with van der Waals surface area (Å²) >= 11 is 5.27. The molecule has 0 bridgehead atoms. The van der Waals surface area contributed by atoms with Crippen molar-refractivity contribution in [2.24, 2.45) is 0 Å². The fourth-order valence-corrected chi connectivity index (χ4v) is 1.82. The standard InChI is InChI=1S/C10H13ClN2O3S/c1-2-10(14)12-8-4-3-5-9(6-8)13-17(15,16)7-11/h3-6,13H,2,7H2,1H3,(H,12,14). The molecule has 2 N–H and O–H groups in total. The molecule has 0 spiro atoms. The van der Waals surface area contributed by atoms with Gasteiger partial charge < -0.3 is 5.32 Å². The summed E-state index contributed by atoms with van der Waals surface area (Å²) in [7, 11) is -3.52. The second-order valence-electron chi connectivity index (χ2n) is 3.31. The van der Waals surface area contributed by atoms with Gasteiger partial charge in [0, 0.05) is 12.1 Å². The molecule has 0 aliphatic rings. The number of rotatable bonds is 5. The average molecular weight is 277 g/mol. The second kappa shape index (κ2) is 5.88. The number of hydrogen-bond donors (Lipinski definition) is 2. The number of carbonyl (C=O) groups is 1. The summed E-state index contributed by atoms with van der Waals surface area (Å²) in [6, 6.07) is 6.41. The fourth-order valence-electron chi connectivity index (χ4n) is 1.12. The number of amides is 1. The molecule has 17 heavy (non-hydrogen) atoms. The lowest BCUT2D eigenvalue weighted by atomic mass is 10.3. The first-order valence-corrected chi connectivity index (χ1v) is 7.12. The van der Waals surface area contributed by atoms with Crippen molar-refractivity contribution >= 4 is 38.9 Å². The van der Waals surface area contributed by atoms with Crippen LogP contribution in [0, 0.1) is 0 Å². The van der Waals surface area contributed by atoms with Gasteiger partial charge in [-0.25, -0.2) is 8.42 Å². The van der Waals surface area contributed by atoms with Gasteiger partial charge in [-0.05, 0) is 18.2 Å². The first-order chi connectivity index (χ1) is 7.96. The molecule has 1 amide bonds. The number of anilines is 2. The van der Waals surface area contributed by atoms with E-state index >= 15 is 0 Å². The molecule has 0 aromatic heterocycles. The van der Waals surface area contributed by atoms with Gasteiger partial charge in [0.05, 0.1) is 5.69 Å². The van der Waals surface area contributed by atoms with Gasteiger partial charge in [0.15, 0.2) is 0 Å². The number of nitrogens with one attached hydrogen (secondary N) is 2. The zero-order valence-electron chi connectivity index (χ0n) is 9.23. The Morgan fingerprint density at radius 1 is 1.35 bits per heavy atom. The van der Waals surface area contributed by atoms with Gasteiger partial charge in [0.25, 0.3) is 0 Å². The van der Waals surface area contributed by atoms with Crippen molar-refractivity contribution in [3.05, 3.63) is 24.3 Å². The summed E-state index contributed by atoms with van der Waals surface area (Å²) in [5.41, 5.74) is 0.895. The van der Waals surface area contributed by atoms with Crippen molar-refractivity contribution in [1.82, 2.24) is 0 Å². The normalized spacial score (nSPS) is 10.9. The van der Waals surface area contributed by atoms with Crippen LogP contribution in [0.15, 0.2) is 24.3 Å². The van der Waals surface area contributed by atoms with E-state index in [1.54, 1.807) is 25.1 Å². The van der Waals surface area contributed by atoms with Crippen molar-refractivity contribution in [3.63, 3.8) is 0 Å². The fraction of sp³-hybridized carbons (Fsp3) is 0.300. The molecule has 0 atom stereocenters. The van der Waals surface area contributed by atoms with Crippen LogP contribution in [0.1, 0.15) is 13.3 Å². The SMILES string of the molecule is CCC(=O)Nc1cccc(NS(=O)(=O)CCl)c1. The van der Waals surface area contributed by atoms with Gasteiger partial charge in [-0.15, -0.1) is 11.6 Å². The smallest absolute Gasteiger partial charge is 0.246 e. The van der Waals surface area contributed by atoms with E-state index in [-0.39, 0.29) is 5.91 Å². The first kappa shape index (κ1) is 13.8. The molecule has 0 aliphatic heterocycles. The van der Waals surface area contributed by atoms with E-state index in [4.69, 9.17) is 11.6 Å². The summed E-state index contributed by atoms with van der Waals surface area (Å²) in [6.07, 6.45) is 0.359. The molecule has 0 fully saturated rings. The van der Waals surface area contributed by atoms with Crippen LogP contribution in [0.2, 0.25) is 0 Å². The van der Waals surface area contributed by atoms with Crippen LogP contribution in [0.25, 0.3) is 0 Å². The number of sulfonamides is 1. The highest BCUT2D eigenvalue weighted by atomic mass is 35.5. The highest BCUT2D eigenvalue weighted by Gasteiger charge is 2.08. The summed E-state index contributed by atoms with van der Waals surface area (Å²) in [4.78, 5) is 11.2. The molecule has 0 aliphatic carbocycles. The Hall–Kier alpha value is -1.27. The Labute approximate surface area is 105 Å². The number of halogens is 1. The predicted octanol–water partition coefficient (Wildman–Crippen LogP) is 1.97. The van der Waals surface area contributed by atoms with Crippen molar-refractivity contribution in [3.8, 4) is 0 Å². The van der Waals surface area contributed by atoms with E-state index in [9.17, 15) is 13.2 Å². The maximum absolute atomic E-state index is 11.2. The minimum atomic E-state index is -3.52. The van der Waals surface area contributed by atoms with Crippen LogP contribution >= 0.6 is 11.6 Å². The minimum Gasteiger partial charge on any atom is -0.326 e. The van der Waals surface area contributed by atoms with E-state index in [2.05, 4.69) is 10.0 Å². The quantitative estimate of drug-likeness (QED) is 0.808. The molecule has 0 saturated carbocycles. The van der Waals surface area contributed by atoms with Gasteiger partial charge in [-0.3, -0.25) is 9.52 Å². The summed E-state index contributed by atoms with van der Waals surface area (Å²) < 4.78 is 24.7. The van der Waals surface area contributed by atoms with Gasteiger partial charge >= 0.3 is 0 Å². The largest absolute Gasteiger partial charge is 0.326 e. The van der Waals surface area contributed by atoms with Crippen LogP contribution < -0.4 is 10.0 Å². The summed E-state index contributed by atoms with van der Waals surface area (Å²) in [5.74, 6) is -0.137. The third-order valence-corrected chi connectivity index (χ3v) is 3.58. The molecule has 5 nitrogen and oxygen atoms in total. The molecule has 0 radical (unpaired) electrons. The van der Waals surface area contributed by atoms with E-state index in [1.165, 1.54) is 6.07 Å². The van der Waals surface area contributed by atoms with Crippen molar-refractivity contribution < 1.29 is 13.2 Å². The molecule has 1 rings (SSSR count). The van der Waals surface area contributed by atoms with Gasteiger partial charge in [0.2, 0.25) is 15.9 Å². The van der Waals surface area contributed by atoms with E-state index in [0.29, 0.717) is 17.8 Å². The van der Waals surface area contributed by atoms with Gasteiger partial charge in [-0.2, -0.15) is 0 Å². The van der Waals surface area contributed by atoms with Crippen LogP contribution in [0.3, 0.4) is 0 Å². The lowest BCUT2D eigenvalue weighted by Crippen LogP contribution is -2.14. The van der Waals surface area contributed by atoms with Crippen LogP contribution in [-0.4, -0.2) is 19.5 Å². The maximum Gasteiger partial charge on any atom is 0.246 e. The molecule has 1 aromatic rings. The third kappa shape index (κ3) is 4.62. The van der Waals surface area contributed by atoms with Gasteiger partial charge in [-0.1, -0.05) is 13.0 Å². The zero-order valence-corrected chi connectivity index (χ0v) is 10.8. The van der Waals surface area contributed by atoms with Crippen molar-refractivity contribution in [2.45, 2.75) is 13.3 Å². The topological polar surface area (TPSA) is 75.3 Å². The minimum absolute atomic E-state index is 0.137. The second-order valence-corrected chi connectivity index (χ2v) is 5.61. The number of benzene rings is 1. The zero-order chi connectivity index (χ0) is 12.9. The Kier molecular flexibility index (Phi) is 4.77. The molecule has 7 heteroatoms. The number of carbonyl (C=O) groups excluding carboxylic acids is 1. The lowest BCUT2D eigenvalue weighted by Gasteiger charge is -2.08. The van der Waals surface area contributed by atoms with Gasteiger partial charge in [0.1, 0.15) is 5.21 Å². The molecular weight excluding hydrogens is 264 g/mol. The van der Waals surface area contributed by atoms with E-state index in [0.717, 1.165) is 0 Å². The molecule has 0 unspecified atom stereocenters. The highest BCUT2D eigenvalue weighted by molar-refractivity contribution is 7.93. The monoisotopic (exact) mass is 276 g/mol. The van der Waals surface area contributed by atoms with E-state index < -0.39 is 15.2 Å². The summed E-state index contributed by atoms with van der Waals surface area (Å²) in [6.45, 7) is 1.73. The molecule has 0 saturated heterocycles. The molecule has 94 valence electrons. The highest BCUT2D eigenvalue weighted by Crippen LogP contribution is 2.16. The van der Waals surface area contributed by atoms with Crippen LogP contribution in [0.5, 0.6) is 0 Å². The predicted molar refractivity (Wildman–Crippen MR) is 68.6 cm³/mol. The first-order valence-electron chi connectivity index (χ1n) is 4.93. The van der Waals surface area contributed by atoms with Crippen LogP contribution in [0.4, 0.5) is 11.4 Å². The average Bonchev–Trinajstić information content (AvgIpc) is 2.29. The Morgan fingerprint density at radius 2 is 2.00 bits per heavy atom. The number of alkyl halides is 1. The molecule has 0 heterocycles. The molecular formula is C10H13ClN2O3S. The Balaban J connectivity index is 2.83. The van der Waals surface area contributed by atoms with Crippen LogP contribution in [-0.2, 0) is 14.8 Å². The van der Waals surface area contributed by atoms with E-state index in [1.807, 2.05) is 0 Å². The molecule has 1 aromatic carbocycles. The Morgan fingerprint density at radius 3 is 2.59 bits per heavy atom. The maximum atomic E-state index is 11.2. The third-order valence-electron chi connectivity index (χ3n) is 1.88. The lowest BCUT2D eigenvalue weighted by molar-refractivity contribution is -0.115. The number of hydrogen-bond acceptors (Lipinski definition) is 3. The summed E-state index contributed by atoms with van der Waals surface area (Å²) in [5, 5.41) is 2.11.